The minimum absolute atomic E-state index is 0.461. The maximum atomic E-state index is 4.56. The summed E-state index contributed by atoms with van der Waals surface area (Å²) in [4.78, 5) is 8.99. The Labute approximate surface area is 176 Å². The van der Waals surface area contributed by atoms with Gasteiger partial charge in [0.1, 0.15) is 5.69 Å². The van der Waals surface area contributed by atoms with Gasteiger partial charge in [-0.1, -0.05) is 72.0 Å². The maximum Gasteiger partial charge on any atom is 0.204 e. The molecule has 0 atom stereocenters. The van der Waals surface area contributed by atoms with Gasteiger partial charge in [-0.25, -0.2) is 4.98 Å². The summed E-state index contributed by atoms with van der Waals surface area (Å²) in [5.74, 6) is 0.461. The maximum absolute atomic E-state index is 4.56. The highest BCUT2D eigenvalue weighted by molar-refractivity contribution is 7.22. The van der Waals surface area contributed by atoms with Crippen LogP contribution in [0.25, 0.3) is 21.1 Å². The zero-order valence-electron chi connectivity index (χ0n) is 15.8. The third-order valence-corrected chi connectivity index (χ3v) is 5.39. The molecule has 0 saturated heterocycles. The molecule has 1 N–H and O–H groups in total. The van der Waals surface area contributed by atoms with Crippen molar-refractivity contribution in [3.05, 3.63) is 96.7 Å². The quantitative estimate of drug-likeness (QED) is 0.162. The number of hydrogen-bond acceptors (Lipinski definition) is 6. The number of anilines is 1. The molecule has 144 valence electrons. The van der Waals surface area contributed by atoms with Crippen LogP contribution in [0.1, 0.15) is 5.56 Å². The van der Waals surface area contributed by atoms with E-state index in [4.69, 9.17) is 0 Å². The summed E-state index contributed by atoms with van der Waals surface area (Å²) < 4.78 is 1.10. The smallest absolute Gasteiger partial charge is 0.204 e. The van der Waals surface area contributed by atoms with Gasteiger partial charge < -0.3 is 0 Å². The SMILES string of the molecule is c1ccc(C(N=Nc2cccc3cccnc23)=NNc2nc3ccccc3s2)cc1. The van der Waals surface area contributed by atoms with Gasteiger partial charge in [-0.3, -0.25) is 10.4 Å². The molecule has 3 aromatic carbocycles. The Balaban J connectivity index is 1.50. The van der Waals surface area contributed by atoms with E-state index < -0.39 is 0 Å². The fraction of sp³-hybridized carbons (Fsp3) is 0. The van der Waals surface area contributed by atoms with E-state index in [0.29, 0.717) is 16.7 Å². The van der Waals surface area contributed by atoms with Crippen LogP contribution in [0.4, 0.5) is 10.8 Å². The minimum Gasteiger partial charge on any atom is -0.254 e. The summed E-state index contributed by atoms with van der Waals surface area (Å²) >= 11 is 1.54. The number of nitrogens with zero attached hydrogens (tertiary/aromatic N) is 5. The van der Waals surface area contributed by atoms with Crippen LogP contribution >= 0.6 is 11.3 Å². The molecule has 0 aliphatic carbocycles. The van der Waals surface area contributed by atoms with Crippen LogP contribution in [-0.2, 0) is 0 Å². The average molecular weight is 408 g/mol. The fourth-order valence-corrected chi connectivity index (χ4v) is 3.83. The van der Waals surface area contributed by atoms with Gasteiger partial charge in [0.2, 0.25) is 11.0 Å². The number of thiazole rings is 1. The van der Waals surface area contributed by atoms with Crippen LogP contribution in [0.2, 0.25) is 0 Å². The molecule has 0 saturated carbocycles. The van der Waals surface area contributed by atoms with Crippen LogP contribution in [0.5, 0.6) is 0 Å². The third kappa shape index (κ3) is 3.78. The zero-order chi connectivity index (χ0) is 20.2. The Kier molecular flexibility index (Phi) is 4.93. The van der Waals surface area contributed by atoms with Gasteiger partial charge in [-0.05, 0) is 24.3 Å². The molecule has 0 aliphatic rings. The van der Waals surface area contributed by atoms with Crippen LogP contribution in [0.15, 0.2) is 106 Å². The number of hydrogen-bond donors (Lipinski definition) is 1. The molecule has 5 aromatic rings. The van der Waals surface area contributed by atoms with Crippen LogP contribution < -0.4 is 5.43 Å². The van der Waals surface area contributed by atoms with E-state index in [1.165, 1.54) is 11.3 Å². The molecule has 5 rings (SSSR count). The Morgan fingerprint density at radius 1 is 0.833 bits per heavy atom. The lowest BCUT2D eigenvalue weighted by atomic mass is 10.2. The molecular formula is C23H16N6S. The Bertz CT molecular complexity index is 1340. The van der Waals surface area contributed by atoms with Crippen LogP contribution in [0.3, 0.4) is 0 Å². The molecule has 0 fully saturated rings. The highest BCUT2D eigenvalue weighted by Gasteiger charge is 2.06. The minimum atomic E-state index is 0.461. The van der Waals surface area contributed by atoms with Crippen molar-refractivity contribution in [3.63, 3.8) is 0 Å². The first-order valence-electron chi connectivity index (χ1n) is 9.37. The van der Waals surface area contributed by atoms with Crippen molar-refractivity contribution in [2.75, 3.05) is 5.43 Å². The first-order chi connectivity index (χ1) is 14.9. The molecule has 0 aliphatic heterocycles. The normalized spacial score (nSPS) is 12.1. The van der Waals surface area contributed by atoms with E-state index in [2.05, 4.69) is 30.7 Å². The van der Waals surface area contributed by atoms with Crippen molar-refractivity contribution in [2.24, 2.45) is 15.3 Å². The summed E-state index contributed by atoms with van der Waals surface area (Å²) in [6.07, 6.45) is 1.75. The number of fused-ring (bicyclic) bond motifs is 2. The molecular weight excluding hydrogens is 392 g/mol. The van der Waals surface area contributed by atoms with Crippen molar-refractivity contribution in [2.45, 2.75) is 0 Å². The molecule has 2 aromatic heterocycles. The Morgan fingerprint density at radius 2 is 1.67 bits per heavy atom. The summed E-state index contributed by atoms with van der Waals surface area (Å²) in [5.41, 5.74) is 6.31. The average Bonchev–Trinajstić information content (AvgIpc) is 3.23. The summed E-state index contributed by atoms with van der Waals surface area (Å²) in [6.45, 7) is 0. The molecule has 2 heterocycles. The van der Waals surface area contributed by atoms with Crippen molar-refractivity contribution in [3.8, 4) is 0 Å². The second-order valence-electron chi connectivity index (χ2n) is 6.45. The monoisotopic (exact) mass is 408 g/mol. The number of pyridine rings is 1. The molecule has 7 heteroatoms. The zero-order valence-corrected chi connectivity index (χ0v) is 16.6. The van der Waals surface area contributed by atoms with Crippen molar-refractivity contribution in [1.29, 1.82) is 0 Å². The topological polar surface area (TPSA) is 74.9 Å². The number of rotatable bonds is 4. The third-order valence-electron chi connectivity index (χ3n) is 4.45. The first-order valence-corrected chi connectivity index (χ1v) is 10.2. The van der Waals surface area contributed by atoms with Crippen molar-refractivity contribution in [1.82, 2.24) is 9.97 Å². The lowest BCUT2D eigenvalue weighted by Crippen LogP contribution is -2.00. The summed E-state index contributed by atoms with van der Waals surface area (Å²) in [5, 5.41) is 15.1. The van der Waals surface area contributed by atoms with E-state index in [1.807, 2.05) is 84.9 Å². The van der Waals surface area contributed by atoms with Gasteiger partial charge in [-0.15, -0.1) is 10.2 Å². The highest BCUT2D eigenvalue weighted by Crippen LogP contribution is 2.26. The largest absolute Gasteiger partial charge is 0.254 e. The van der Waals surface area contributed by atoms with Crippen LogP contribution in [-0.4, -0.2) is 15.8 Å². The Morgan fingerprint density at radius 3 is 2.57 bits per heavy atom. The summed E-state index contributed by atoms with van der Waals surface area (Å²) in [7, 11) is 0. The fourth-order valence-electron chi connectivity index (χ4n) is 3.02. The Hall–Kier alpha value is -3.97. The van der Waals surface area contributed by atoms with Gasteiger partial charge in [-0.2, -0.15) is 5.10 Å². The van der Waals surface area contributed by atoms with E-state index in [1.54, 1.807) is 6.20 Å². The van der Waals surface area contributed by atoms with E-state index in [0.717, 1.165) is 26.7 Å². The molecule has 0 bridgehead atoms. The standard InChI is InChI=1S/C23H16N6S/c1-2-8-17(9-3-1)22(28-29-23-25-18-12-4-5-14-20(18)30-23)27-26-19-13-6-10-16-11-7-15-24-21(16)19/h1-15H,(H,25,29). The van der Waals surface area contributed by atoms with Gasteiger partial charge >= 0.3 is 0 Å². The van der Waals surface area contributed by atoms with Crippen molar-refractivity contribution >= 4 is 49.1 Å². The van der Waals surface area contributed by atoms with E-state index in [-0.39, 0.29) is 0 Å². The molecule has 0 radical (unpaired) electrons. The van der Waals surface area contributed by atoms with E-state index in [9.17, 15) is 0 Å². The number of para-hydroxylation sites is 2. The number of hydrazone groups is 1. The van der Waals surface area contributed by atoms with Gasteiger partial charge in [0.05, 0.1) is 15.7 Å². The van der Waals surface area contributed by atoms with Crippen LogP contribution in [0, 0.1) is 0 Å². The highest BCUT2D eigenvalue weighted by atomic mass is 32.1. The predicted octanol–water partition coefficient (Wildman–Crippen LogP) is 6.40. The molecule has 30 heavy (non-hydrogen) atoms. The van der Waals surface area contributed by atoms with Gasteiger partial charge in [0, 0.05) is 17.1 Å². The second-order valence-corrected chi connectivity index (χ2v) is 7.48. The van der Waals surface area contributed by atoms with Crippen molar-refractivity contribution < 1.29 is 0 Å². The van der Waals surface area contributed by atoms with E-state index >= 15 is 0 Å². The number of aromatic nitrogens is 2. The molecule has 6 nitrogen and oxygen atoms in total. The molecule has 0 unspecified atom stereocenters. The van der Waals surface area contributed by atoms with Gasteiger partial charge in [0.15, 0.2) is 0 Å². The number of azo groups is 1. The molecule has 0 amide bonds. The number of nitrogens with one attached hydrogen (secondary N) is 1. The second kappa shape index (κ2) is 8.18. The lowest BCUT2D eigenvalue weighted by molar-refractivity contribution is 1.22. The molecule has 0 spiro atoms. The summed E-state index contributed by atoms with van der Waals surface area (Å²) in [6, 6.07) is 27.4. The van der Waals surface area contributed by atoms with Gasteiger partial charge in [0.25, 0.3) is 0 Å². The number of amidine groups is 1. The lowest BCUT2D eigenvalue weighted by Gasteiger charge is -2.02. The predicted molar refractivity (Wildman–Crippen MR) is 122 cm³/mol. The number of benzene rings is 3. The first kappa shape index (κ1) is 18.1.